The van der Waals surface area contributed by atoms with Crippen LogP contribution in [0.1, 0.15) is 12.5 Å². The highest BCUT2D eigenvalue weighted by atomic mass is 19.4. The number of hydrogen-bond donors (Lipinski definition) is 1. The molecule has 0 aliphatic rings. The van der Waals surface area contributed by atoms with Crippen LogP contribution in [0.3, 0.4) is 0 Å². The summed E-state index contributed by atoms with van der Waals surface area (Å²) in [5, 5.41) is 2.39. The fourth-order valence-corrected chi connectivity index (χ4v) is 1.51. The highest BCUT2D eigenvalue weighted by Crippen LogP contribution is 2.29. The van der Waals surface area contributed by atoms with E-state index in [1.807, 2.05) is 0 Å². The van der Waals surface area contributed by atoms with Gasteiger partial charge in [0.2, 0.25) is 0 Å². The molecular formula is C14H15F3N2O2. The zero-order valence-corrected chi connectivity index (χ0v) is 11.8. The van der Waals surface area contributed by atoms with Crippen LogP contribution in [0.15, 0.2) is 36.0 Å². The lowest BCUT2D eigenvalue weighted by molar-refractivity contribution is -0.137. The number of Topliss-reactive ketones (excluding diaryl/α,β-unsaturated/α-hetero) is 1. The number of alkyl halides is 3. The van der Waals surface area contributed by atoms with Crippen LogP contribution < -0.4 is 5.32 Å². The van der Waals surface area contributed by atoms with E-state index in [0.717, 1.165) is 24.3 Å². The molecule has 1 amide bonds. The molecule has 0 aliphatic heterocycles. The van der Waals surface area contributed by atoms with Gasteiger partial charge in [0.25, 0.3) is 5.91 Å². The summed E-state index contributed by atoms with van der Waals surface area (Å²) >= 11 is 0. The quantitative estimate of drug-likeness (QED) is 0.528. The fourth-order valence-electron chi connectivity index (χ4n) is 1.51. The van der Waals surface area contributed by atoms with Gasteiger partial charge in [0.1, 0.15) is 0 Å². The van der Waals surface area contributed by atoms with Gasteiger partial charge in [-0.3, -0.25) is 9.59 Å². The van der Waals surface area contributed by atoms with E-state index in [0.29, 0.717) is 0 Å². The third kappa shape index (κ3) is 4.94. The van der Waals surface area contributed by atoms with Gasteiger partial charge in [-0.2, -0.15) is 13.2 Å². The number of halogens is 3. The third-order valence-electron chi connectivity index (χ3n) is 2.48. The van der Waals surface area contributed by atoms with Crippen molar-refractivity contribution in [1.82, 2.24) is 4.90 Å². The van der Waals surface area contributed by atoms with Crippen molar-refractivity contribution in [3.05, 3.63) is 41.6 Å². The second-order valence-electron chi connectivity index (χ2n) is 4.59. The number of hydrogen-bond acceptors (Lipinski definition) is 3. The molecule has 1 aromatic rings. The van der Waals surface area contributed by atoms with Crippen LogP contribution in [0, 0.1) is 0 Å². The summed E-state index contributed by atoms with van der Waals surface area (Å²) < 4.78 is 37.2. The number of nitrogens with one attached hydrogen (secondary N) is 1. The summed E-state index contributed by atoms with van der Waals surface area (Å²) in [6, 6.07) is 3.99. The molecular weight excluding hydrogens is 285 g/mol. The van der Waals surface area contributed by atoms with E-state index in [-0.39, 0.29) is 11.3 Å². The molecule has 0 aromatic heterocycles. The molecule has 114 valence electrons. The molecule has 0 heterocycles. The van der Waals surface area contributed by atoms with Gasteiger partial charge in [-0.1, -0.05) is 0 Å². The van der Waals surface area contributed by atoms with Gasteiger partial charge in [-0.05, 0) is 31.2 Å². The van der Waals surface area contributed by atoms with E-state index in [1.165, 1.54) is 18.0 Å². The molecule has 1 rings (SSSR count). The van der Waals surface area contributed by atoms with Gasteiger partial charge in [0.15, 0.2) is 5.78 Å². The smallest absolute Gasteiger partial charge is 0.383 e. The minimum atomic E-state index is -4.43. The molecule has 21 heavy (non-hydrogen) atoms. The van der Waals surface area contributed by atoms with Crippen molar-refractivity contribution in [2.75, 3.05) is 19.4 Å². The predicted molar refractivity (Wildman–Crippen MR) is 72.5 cm³/mol. The maximum absolute atomic E-state index is 12.4. The van der Waals surface area contributed by atoms with Crippen molar-refractivity contribution in [2.24, 2.45) is 0 Å². The molecule has 7 heteroatoms. The largest absolute Gasteiger partial charge is 0.416 e. The van der Waals surface area contributed by atoms with Crippen molar-refractivity contribution in [1.29, 1.82) is 0 Å². The number of carbonyl (C=O) groups excluding carboxylic acids is 2. The summed E-state index contributed by atoms with van der Waals surface area (Å²) in [5.74, 6) is -1.11. The Kier molecular flexibility index (Phi) is 5.12. The number of ketones is 1. The molecule has 0 radical (unpaired) electrons. The predicted octanol–water partition coefficient (Wildman–Crippen LogP) is 2.68. The SMILES string of the molecule is CC(=O)/C(=C\N(C)C)C(=O)Nc1ccc(C(F)(F)F)cc1. The van der Waals surface area contributed by atoms with Gasteiger partial charge >= 0.3 is 6.18 Å². The molecule has 0 saturated heterocycles. The monoisotopic (exact) mass is 300 g/mol. The maximum atomic E-state index is 12.4. The highest BCUT2D eigenvalue weighted by molar-refractivity contribution is 6.22. The Labute approximate surface area is 120 Å². The first-order valence-corrected chi connectivity index (χ1v) is 5.99. The van der Waals surface area contributed by atoms with Crippen molar-refractivity contribution >= 4 is 17.4 Å². The Morgan fingerprint density at radius 2 is 1.67 bits per heavy atom. The van der Waals surface area contributed by atoms with Crippen molar-refractivity contribution in [2.45, 2.75) is 13.1 Å². The minimum Gasteiger partial charge on any atom is -0.383 e. The lowest BCUT2D eigenvalue weighted by Gasteiger charge is -2.11. The highest BCUT2D eigenvalue weighted by Gasteiger charge is 2.30. The Morgan fingerprint density at radius 3 is 2.05 bits per heavy atom. The van der Waals surface area contributed by atoms with E-state index in [4.69, 9.17) is 0 Å². The average Bonchev–Trinajstić information content (AvgIpc) is 2.34. The number of benzene rings is 1. The van der Waals surface area contributed by atoms with Crippen molar-refractivity contribution in [3.63, 3.8) is 0 Å². The Hall–Kier alpha value is -2.31. The van der Waals surface area contributed by atoms with E-state index >= 15 is 0 Å². The number of anilines is 1. The maximum Gasteiger partial charge on any atom is 0.416 e. The lowest BCUT2D eigenvalue weighted by atomic mass is 10.1. The molecule has 0 bridgehead atoms. The summed E-state index contributed by atoms with van der Waals surface area (Å²) in [7, 11) is 3.29. The Balaban J connectivity index is 2.90. The topological polar surface area (TPSA) is 49.4 Å². The minimum absolute atomic E-state index is 0.0834. The normalized spacial score (nSPS) is 12.0. The van der Waals surface area contributed by atoms with E-state index in [9.17, 15) is 22.8 Å². The van der Waals surface area contributed by atoms with Gasteiger partial charge < -0.3 is 10.2 Å². The summed E-state index contributed by atoms with van der Waals surface area (Å²) in [4.78, 5) is 24.8. The third-order valence-corrected chi connectivity index (χ3v) is 2.48. The Morgan fingerprint density at radius 1 is 1.14 bits per heavy atom. The Bertz CT molecular complexity index is 561. The van der Waals surface area contributed by atoms with E-state index < -0.39 is 23.4 Å². The number of nitrogens with zero attached hydrogens (tertiary/aromatic N) is 1. The van der Waals surface area contributed by atoms with Gasteiger partial charge in [0.05, 0.1) is 11.1 Å². The van der Waals surface area contributed by atoms with Crippen molar-refractivity contribution in [3.8, 4) is 0 Å². The van der Waals surface area contributed by atoms with Crippen molar-refractivity contribution < 1.29 is 22.8 Å². The van der Waals surface area contributed by atoms with Crippen LogP contribution in [0.25, 0.3) is 0 Å². The summed E-state index contributed by atoms with van der Waals surface area (Å²) in [6.45, 7) is 1.24. The van der Waals surface area contributed by atoms with Crippen LogP contribution in [0.4, 0.5) is 18.9 Å². The molecule has 1 aromatic carbocycles. The summed E-state index contributed by atoms with van der Waals surface area (Å²) in [6.07, 6.45) is -3.08. The van der Waals surface area contributed by atoms with Crippen LogP contribution in [0.5, 0.6) is 0 Å². The summed E-state index contributed by atoms with van der Waals surface area (Å²) in [5.41, 5.74) is -0.713. The zero-order valence-electron chi connectivity index (χ0n) is 11.8. The second-order valence-corrected chi connectivity index (χ2v) is 4.59. The first kappa shape index (κ1) is 16.7. The molecule has 0 unspecified atom stereocenters. The van der Waals surface area contributed by atoms with E-state index in [1.54, 1.807) is 14.1 Å². The second kappa shape index (κ2) is 6.43. The first-order chi connectivity index (χ1) is 9.61. The molecule has 0 aliphatic carbocycles. The van der Waals surface area contributed by atoms with Crippen LogP contribution >= 0.6 is 0 Å². The molecule has 4 nitrogen and oxygen atoms in total. The van der Waals surface area contributed by atoms with Crippen LogP contribution in [-0.4, -0.2) is 30.7 Å². The molecule has 0 fully saturated rings. The van der Waals surface area contributed by atoms with Crippen LogP contribution in [-0.2, 0) is 15.8 Å². The molecule has 0 saturated carbocycles. The van der Waals surface area contributed by atoms with Gasteiger partial charge in [-0.15, -0.1) is 0 Å². The molecule has 0 spiro atoms. The number of amides is 1. The zero-order chi connectivity index (χ0) is 16.2. The van der Waals surface area contributed by atoms with E-state index in [2.05, 4.69) is 5.32 Å². The lowest BCUT2D eigenvalue weighted by Crippen LogP contribution is -2.21. The standard InChI is InChI=1S/C14H15F3N2O2/c1-9(20)12(8-19(2)3)13(21)18-11-6-4-10(5-7-11)14(15,16)17/h4-8H,1-3H3,(H,18,21)/b12-8+. The fraction of sp³-hybridized carbons (Fsp3) is 0.286. The number of carbonyl (C=O) groups is 2. The van der Waals surface area contributed by atoms with Gasteiger partial charge in [0, 0.05) is 26.0 Å². The molecule has 1 N–H and O–H groups in total. The number of rotatable bonds is 4. The first-order valence-electron chi connectivity index (χ1n) is 5.99. The van der Waals surface area contributed by atoms with Crippen LogP contribution in [0.2, 0.25) is 0 Å². The van der Waals surface area contributed by atoms with Gasteiger partial charge in [-0.25, -0.2) is 0 Å². The molecule has 0 atom stereocenters. The average molecular weight is 300 g/mol.